The summed E-state index contributed by atoms with van der Waals surface area (Å²) in [6.45, 7) is 4.41. The van der Waals surface area contributed by atoms with E-state index in [1.54, 1.807) is 17.0 Å². The first kappa shape index (κ1) is 17.1. The zero-order chi connectivity index (χ0) is 18.8. The smallest absolute Gasteiger partial charge is 0.407 e. The van der Waals surface area contributed by atoms with Crippen molar-refractivity contribution in [2.24, 2.45) is 7.05 Å². The predicted octanol–water partition coefficient (Wildman–Crippen LogP) is 4.10. The van der Waals surface area contributed by atoms with Gasteiger partial charge < -0.3 is 10.1 Å². The lowest BCUT2D eigenvalue weighted by molar-refractivity contribution is 0.142. The average Bonchev–Trinajstić information content (AvgIpc) is 3.22. The largest absolute Gasteiger partial charge is 0.449 e. The number of nitrogens with zero attached hydrogens (tertiary/aromatic N) is 2. The van der Waals surface area contributed by atoms with Crippen molar-refractivity contribution in [2.75, 3.05) is 6.61 Å². The van der Waals surface area contributed by atoms with Crippen molar-refractivity contribution < 1.29 is 9.53 Å². The lowest BCUT2D eigenvalue weighted by Gasteiger charge is -2.14. The molecule has 136 valence electrons. The lowest BCUT2D eigenvalue weighted by atomic mass is 9.98. The zero-order valence-electron chi connectivity index (χ0n) is 15.2. The summed E-state index contributed by atoms with van der Waals surface area (Å²) in [5.41, 5.74) is 6.62. The topological polar surface area (TPSA) is 56.2 Å². The van der Waals surface area contributed by atoms with Crippen LogP contribution in [0.2, 0.25) is 0 Å². The van der Waals surface area contributed by atoms with E-state index in [-0.39, 0.29) is 5.92 Å². The zero-order valence-corrected chi connectivity index (χ0v) is 15.2. The third-order valence-electron chi connectivity index (χ3n) is 5.06. The van der Waals surface area contributed by atoms with Gasteiger partial charge in [0.25, 0.3) is 0 Å². The number of amides is 1. The number of carbonyl (C=O) groups excluding carboxylic acids is 1. The van der Waals surface area contributed by atoms with E-state index in [1.165, 1.54) is 22.3 Å². The van der Waals surface area contributed by atoms with Crippen molar-refractivity contribution >= 4 is 12.2 Å². The number of hydrogen-bond acceptors (Lipinski definition) is 3. The third kappa shape index (κ3) is 3.12. The van der Waals surface area contributed by atoms with Crippen LogP contribution in [0, 0.1) is 0 Å². The number of fused-ring (bicyclic) bond motifs is 3. The molecule has 0 bridgehead atoms. The van der Waals surface area contributed by atoms with Gasteiger partial charge in [0.1, 0.15) is 6.61 Å². The minimum atomic E-state index is -0.437. The Morgan fingerprint density at radius 1 is 1.19 bits per heavy atom. The van der Waals surface area contributed by atoms with Crippen molar-refractivity contribution in [3.8, 4) is 11.1 Å². The van der Waals surface area contributed by atoms with E-state index in [0.717, 1.165) is 11.3 Å². The number of hydrogen-bond donors (Lipinski definition) is 1. The maximum absolute atomic E-state index is 12.2. The molecule has 0 atom stereocenters. The van der Waals surface area contributed by atoms with Crippen molar-refractivity contribution in [2.45, 2.75) is 12.5 Å². The fourth-order valence-electron chi connectivity index (χ4n) is 3.67. The van der Waals surface area contributed by atoms with Gasteiger partial charge in [0, 0.05) is 18.5 Å². The summed E-state index contributed by atoms with van der Waals surface area (Å²) >= 11 is 0. The fraction of sp³-hybridized carbons (Fsp3) is 0.182. The van der Waals surface area contributed by atoms with Crippen LogP contribution in [0.5, 0.6) is 0 Å². The van der Waals surface area contributed by atoms with Gasteiger partial charge in [-0.25, -0.2) is 4.79 Å². The summed E-state index contributed by atoms with van der Waals surface area (Å²) in [4.78, 5) is 12.2. The molecule has 1 amide bonds. The van der Waals surface area contributed by atoms with Gasteiger partial charge in [-0.2, -0.15) is 5.10 Å². The molecule has 0 aliphatic heterocycles. The number of benzene rings is 2. The van der Waals surface area contributed by atoms with E-state index in [0.29, 0.717) is 13.2 Å². The Balaban J connectivity index is 1.44. The van der Waals surface area contributed by atoms with E-state index in [4.69, 9.17) is 4.74 Å². The standard InChI is InChI=1S/C22H21N3O2/c1-3-15-12-24-25(2)21(15)13-23-22(26)27-14-20-18-10-6-4-8-16(18)17-9-5-7-11-19(17)20/h3-12,20H,1,13-14H2,2H3,(H,23,26). The molecule has 5 nitrogen and oxygen atoms in total. The SMILES string of the molecule is C=Cc1cnn(C)c1CNC(=O)OCC1c2ccccc2-c2ccccc21. The second-order valence-electron chi connectivity index (χ2n) is 6.55. The van der Waals surface area contributed by atoms with Gasteiger partial charge in [-0.3, -0.25) is 4.68 Å². The van der Waals surface area contributed by atoms with Gasteiger partial charge in [0.2, 0.25) is 0 Å². The molecule has 5 heteroatoms. The summed E-state index contributed by atoms with van der Waals surface area (Å²) < 4.78 is 7.27. The molecular weight excluding hydrogens is 338 g/mol. The lowest BCUT2D eigenvalue weighted by Crippen LogP contribution is -2.26. The number of aryl methyl sites for hydroxylation is 1. The van der Waals surface area contributed by atoms with Crippen molar-refractivity contribution in [1.29, 1.82) is 0 Å². The Hall–Kier alpha value is -3.34. The summed E-state index contributed by atoms with van der Waals surface area (Å²) in [7, 11) is 1.84. The molecule has 0 saturated carbocycles. The summed E-state index contributed by atoms with van der Waals surface area (Å²) in [6.07, 6.45) is 3.01. The van der Waals surface area contributed by atoms with Gasteiger partial charge in [-0.05, 0) is 22.3 Å². The van der Waals surface area contributed by atoms with Gasteiger partial charge in [0.15, 0.2) is 0 Å². The molecule has 0 unspecified atom stereocenters. The first-order valence-electron chi connectivity index (χ1n) is 8.91. The van der Waals surface area contributed by atoms with Crippen molar-refractivity contribution in [1.82, 2.24) is 15.1 Å². The summed E-state index contributed by atoms with van der Waals surface area (Å²) in [6, 6.07) is 16.6. The number of alkyl carbamates (subject to hydrolysis) is 1. The molecule has 1 aliphatic rings. The number of nitrogens with one attached hydrogen (secondary N) is 1. The molecule has 1 aromatic heterocycles. The van der Waals surface area contributed by atoms with E-state index >= 15 is 0 Å². The monoisotopic (exact) mass is 359 g/mol. The molecule has 1 aliphatic carbocycles. The Kier molecular flexibility index (Phi) is 4.50. The van der Waals surface area contributed by atoms with Gasteiger partial charge >= 0.3 is 6.09 Å². The van der Waals surface area contributed by atoms with Crippen molar-refractivity contribution in [3.05, 3.63) is 83.7 Å². The second kappa shape index (κ2) is 7.11. The van der Waals surface area contributed by atoms with Crippen LogP contribution in [0.4, 0.5) is 4.79 Å². The summed E-state index contributed by atoms with van der Waals surface area (Å²) in [5, 5.41) is 6.98. The van der Waals surface area contributed by atoms with Crippen LogP contribution in [0.25, 0.3) is 17.2 Å². The van der Waals surface area contributed by atoms with Crippen LogP contribution in [0.1, 0.15) is 28.3 Å². The van der Waals surface area contributed by atoms with E-state index < -0.39 is 6.09 Å². The van der Waals surface area contributed by atoms with Crippen molar-refractivity contribution in [3.63, 3.8) is 0 Å². The van der Waals surface area contributed by atoms with Gasteiger partial charge in [-0.15, -0.1) is 0 Å². The highest BCUT2D eigenvalue weighted by Gasteiger charge is 2.28. The van der Waals surface area contributed by atoms with Crippen LogP contribution in [0.15, 0.2) is 61.3 Å². The van der Waals surface area contributed by atoms with E-state index in [9.17, 15) is 4.79 Å². The highest BCUT2D eigenvalue weighted by atomic mass is 16.5. The quantitative estimate of drug-likeness (QED) is 0.746. The minimum absolute atomic E-state index is 0.0589. The highest BCUT2D eigenvalue weighted by molar-refractivity contribution is 5.79. The molecule has 27 heavy (non-hydrogen) atoms. The fourth-order valence-corrected chi connectivity index (χ4v) is 3.67. The van der Waals surface area contributed by atoms with E-state index in [1.807, 2.05) is 31.3 Å². The average molecular weight is 359 g/mol. The molecule has 0 spiro atoms. The number of aromatic nitrogens is 2. The number of carbonyl (C=O) groups is 1. The Bertz CT molecular complexity index is 961. The highest BCUT2D eigenvalue weighted by Crippen LogP contribution is 2.44. The molecule has 3 aromatic rings. The molecular formula is C22H21N3O2. The normalized spacial score (nSPS) is 12.3. The van der Waals surface area contributed by atoms with Crippen LogP contribution in [-0.2, 0) is 18.3 Å². The molecule has 4 rings (SSSR count). The van der Waals surface area contributed by atoms with Crippen LogP contribution in [-0.4, -0.2) is 22.5 Å². The molecule has 0 radical (unpaired) electrons. The van der Waals surface area contributed by atoms with Crippen LogP contribution >= 0.6 is 0 Å². The first-order valence-corrected chi connectivity index (χ1v) is 8.91. The third-order valence-corrected chi connectivity index (χ3v) is 5.06. The number of rotatable bonds is 5. The molecule has 1 N–H and O–H groups in total. The van der Waals surface area contributed by atoms with E-state index in [2.05, 4.69) is 41.3 Å². The Labute approximate surface area is 158 Å². The van der Waals surface area contributed by atoms with Gasteiger partial charge in [0.05, 0.1) is 18.4 Å². The second-order valence-corrected chi connectivity index (χ2v) is 6.55. The van der Waals surface area contributed by atoms with Crippen LogP contribution < -0.4 is 5.32 Å². The van der Waals surface area contributed by atoms with Crippen LogP contribution in [0.3, 0.4) is 0 Å². The molecule has 0 fully saturated rings. The first-order chi connectivity index (χ1) is 13.2. The van der Waals surface area contributed by atoms with Gasteiger partial charge in [-0.1, -0.05) is 61.2 Å². The maximum atomic E-state index is 12.2. The molecule has 2 aromatic carbocycles. The number of ether oxygens (including phenoxy) is 1. The summed E-state index contributed by atoms with van der Waals surface area (Å²) in [5.74, 6) is 0.0589. The predicted molar refractivity (Wildman–Crippen MR) is 105 cm³/mol. The Morgan fingerprint density at radius 2 is 1.81 bits per heavy atom. The molecule has 1 heterocycles. The molecule has 0 saturated heterocycles. The Morgan fingerprint density at radius 3 is 2.44 bits per heavy atom. The maximum Gasteiger partial charge on any atom is 0.407 e. The minimum Gasteiger partial charge on any atom is -0.449 e.